The number of halogens is 2. The minimum Gasteiger partial charge on any atom is -0.511 e. The number of hydrogen-bond acceptors (Lipinski definition) is 4. The quantitative estimate of drug-likeness (QED) is 0.437. The molecule has 6 heteroatoms. The van der Waals surface area contributed by atoms with Gasteiger partial charge in [-0.1, -0.05) is 69.8 Å². The highest BCUT2D eigenvalue weighted by atomic mass is 35.5. The second-order valence-corrected chi connectivity index (χ2v) is 8.80. The molecule has 0 fully saturated rings. The fraction of sp³-hybridized carbons (Fsp3) is 0.440. The molecule has 166 valence electrons. The molecular weight excluding hydrogens is 433 g/mol. The van der Waals surface area contributed by atoms with E-state index in [-0.39, 0.29) is 35.2 Å². The van der Waals surface area contributed by atoms with Crippen LogP contribution in [0.3, 0.4) is 0 Å². The molecule has 2 unspecified atom stereocenters. The van der Waals surface area contributed by atoms with Crippen molar-refractivity contribution in [3.63, 3.8) is 0 Å². The number of aliphatic hydroxyl groups is 1. The Kier molecular flexibility index (Phi) is 7.66. The number of allylic oxidation sites excluding steroid dienone is 2. The molecule has 1 heterocycles. The van der Waals surface area contributed by atoms with Crippen molar-refractivity contribution in [2.45, 2.75) is 53.4 Å². The molecule has 0 radical (unpaired) electrons. The maximum atomic E-state index is 13.6. The van der Waals surface area contributed by atoms with Crippen LogP contribution in [0.15, 0.2) is 36.2 Å². The summed E-state index contributed by atoms with van der Waals surface area (Å²) >= 11 is 12.1. The molecule has 0 bridgehead atoms. The Morgan fingerprint density at radius 3 is 2.42 bits per heavy atom. The first kappa shape index (κ1) is 23.6. The van der Waals surface area contributed by atoms with Gasteiger partial charge in [0.25, 0.3) is 0 Å². The van der Waals surface area contributed by atoms with E-state index in [0.29, 0.717) is 21.4 Å². The number of rotatable bonds is 8. The van der Waals surface area contributed by atoms with Crippen molar-refractivity contribution in [3.05, 3.63) is 57.4 Å². The second-order valence-electron chi connectivity index (χ2n) is 7.96. The van der Waals surface area contributed by atoms with Crippen molar-refractivity contribution in [3.8, 4) is 11.6 Å². The van der Waals surface area contributed by atoms with E-state index >= 15 is 0 Å². The molecule has 1 aromatic heterocycles. The van der Waals surface area contributed by atoms with Crippen LogP contribution in [0.1, 0.15) is 58.1 Å². The van der Waals surface area contributed by atoms with Crippen molar-refractivity contribution in [1.82, 2.24) is 4.98 Å². The number of pyridine rings is 1. The van der Waals surface area contributed by atoms with E-state index in [1.54, 1.807) is 12.1 Å². The first-order valence-electron chi connectivity index (χ1n) is 11.0. The average Bonchev–Trinajstić information content (AvgIpc) is 3.00. The van der Waals surface area contributed by atoms with Crippen molar-refractivity contribution in [2.75, 3.05) is 0 Å². The molecule has 2 atom stereocenters. The lowest BCUT2D eigenvalue weighted by atomic mass is 9.77. The lowest BCUT2D eigenvalue weighted by Gasteiger charge is -2.25. The molecule has 4 nitrogen and oxygen atoms in total. The summed E-state index contributed by atoms with van der Waals surface area (Å²) < 4.78 is 5.89. The van der Waals surface area contributed by atoms with E-state index in [1.165, 1.54) is 6.20 Å². The van der Waals surface area contributed by atoms with Gasteiger partial charge < -0.3 is 9.84 Å². The molecular formula is C25H29Cl2NO3. The SMILES string of the molecule is CCc1ccc(Oc2ncc(Cl)cc2Cl)cc1C1=C(O)C(CC)C(C(CC)CC)C1=O. The Morgan fingerprint density at radius 2 is 1.84 bits per heavy atom. The van der Waals surface area contributed by atoms with Crippen molar-refractivity contribution >= 4 is 34.6 Å². The van der Waals surface area contributed by atoms with Crippen LogP contribution in [-0.2, 0) is 11.2 Å². The lowest BCUT2D eigenvalue weighted by molar-refractivity contribution is -0.119. The van der Waals surface area contributed by atoms with Gasteiger partial charge in [-0.05, 0) is 48.1 Å². The highest BCUT2D eigenvalue weighted by Crippen LogP contribution is 2.46. The van der Waals surface area contributed by atoms with Gasteiger partial charge in [0.05, 0.1) is 10.6 Å². The van der Waals surface area contributed by atoms with E-state index in [1.807, 2.05) is 26.0 Å². The Morgan fingerprint density at radius 1 is 1.13 bits per heavy atom. The molecule has 3 rings (SSSR count). The van der Waals surface area contributed by atoms with E-state index in [0.717, 1.165) is 36.8 Å². The standard InChI is InChI=1S/C25H29Cl2NO3/c1-5-14(6-2)21-18(8-4)23(29)22(24(21)30)19-12-17(10-9-15(19)7-3)31-25-20(27)11-16(26)13-28-25/h9-14,18,21,29H,5-8H2,1-4H3. The van der Waals surface area contributed by atoms with E-state index < -0.39 is 0 Å². The maximum Gasteiger partial charge on any atom is 0.238 e. The Labute approximate surface area is 194 Å². The molecule has 0 amide bonds. The van der Waals surface area contributed by atoms with Gasteiger partial charge in [-0.2, -0.15) is 0 Å². The highest BCUT2D eigenvalue weighted by Gasteiger charge is 2.45. The summed E-state index contributed by atoms with van der Waals surface area (Å²) in [5.41, 5.74) is 2.14. The first-order chi connectivity index (χ1) is 14.9. The predicted molar refractivity (Wildman–Crippen MR) is 126 cm³/mol. The first-order valence-corrected chi connectivity index (χ1v) is 11.7. The van der Waals surface area contributed by atoms with Gasteiger partial charge in [0.2, 0.25) is 5.88 Å². The Hall–Kier alpha value is -2.04. The number of Topliss-reactive ketones (excluding diaryl/α,β-unsaturated/α-hetero) is 1. The van der Waals surface area contributed by atoms with Crippen LogP contribution in [0.25, 0.3) is 5.57 Å². The third kappa shape index (κ3) is 4.61. The fourth-order valence-electron chi connectivity index (χ4n) is 4.64. The number of carbonyl (C=O) groups is 1. The predicted octanol–water partition coefficient (Wildman–Crippen LogP) is 7.67. The number of aryl methyl sites for hydroxylation is 1. The summed E-state index contributed by atoms with van der Waals surface area (Å²) in [6, 6.07) is 7.11. The van der Waals surface area contributed by atoms with Gasteiger partial charge >= 0.3 is 0 Å². The van der Waals surface area contributed by atoms with Crippen LogP contribution in [0, 0.1) is 17.8 Å². The van der Waals surface area contributed by atoms with Gasteiger partial charge in [-0.3, -0.25) is 4.79 Å². The summed E-state index contributed by atoms with van der Waals surface area (Å²) in [5, 5.41) is 11.8. The van der Waals surface area contributed by atoms with Crippen molar-refractivity contribution < 1.29 is 14.6 Å². The minimum atomic E-state index is -0.184. The third-order valence-corrected chi connectivity index (χ3v) is 6.78. The molecule has 1 aliphatic carbocycles. The summed E-state index contributed by atoms with van der Waals surface area (Å²) in [6.45, 7) is 8.28. The Bertz CT molecular complexity index is 998. The van der Waals surface area contributed by atoms with E-state index in [2.05, 4.69) is 18.8 Å². The second kappa shape index (κ2) is 10.1. The van der Waals surface area contributed by atoms with E-state index in [4.69, 9.17) is 27.9 Å². The van der Waals surface area contributed by atoms with Crippen LogP contribution < -0.4 is 4.74 Å². The highest BCUT2D eigenvalue weighted by molar-refractivity contribution is 6.35. The number of aliphatic hydroxyl groups excluding tert-OH is 1. The third-order valence-electron chi connectivity index (χ3n) is 6.31. The van der Waals surface area contributed by atoms with Crippen LogP contribution in [-0.4, -0.2) is 15.9 Å². The molecule has 1 N–H and O–H groups in total. The number of nitrogens with zero attached hydrogens (tertiary/aromatic N) is 1. The zero-order valence-corrected chi connectivity index (χ0v) is 19.9. The zero-order valence-electron chi connectivity index (χ0n) is 18.4. The summed E-state index contributed by atoms with van der Waals surface area (Å²) in [7, 11) is 0. The van der Waals surface area contributed by atoms with Crippen LogP contribution >= 0.6 is 23.2 Å². The molecule has 0 saturated carbocycles. The summed E-state index contributed by atoms with van der Waals surface area (Å²) in [6.07, 6.45) is 4.74. The van der Waals surface area contributed by atoms with Crippen molar-refractivity contribution in [1.29, 1.82) is 0 Å². The fourth-order valence-corrected chi connectivity index (χ4v) is 5.06. The Balaban J connectivity index is 2.05. The summed E-state index contributed by atoms with van der Waals surface area (Å²) in [4.78, 5) is 17.7. The minimum absolute atomic E-state index is 0.0348. The number of ketones is 1. The average molecular weight is 462 g/mol. The largest absolute Gasteiger partial charge is 0.511 e. The van der Waals surface area contributed by atoms with Gasteiger partial charge in [0.15, 0.2) is 5.78 Å². The smallest absolute Gasteiger partial charge is 0.238 e. The van der Waals surface area contributed by atoms with Crippen LogP contribution in [0.2, 0.25) is 10.0 Å². The van der Waals surface area contributed by atoms with Gasteiger partial charge in [-0.25, -0.2) is 4.98 Å². The maximum absolute atomic E-state index is 13.6. The molecule has 0 saturated heterocycles. The van der Waals surface area contributed by atoms with Gasteiger partial charge in [0, 0.05) is 18.0 Å². The molecule has 31 heavy (non-hydrogen) atoms. The zero-order chi connectivity index (χ0) is 22.7. The summed E-state index contributed by atoms with van der Waals surface area (Å²) in [5.74, 6) is 0.894. The number of ether oxygens (including phenoxy) is 1. The monoisotopic (exact) mass is 461 g/mol. The topological polar surface area (TPSA) is 59.4 Å². The normalized spacial score (nSPS) is 18.9. The van der Waals surface area contributed by atoms with Crippen LogP contribution in [0.5, 0.6) is 11.6 Å². The molecule has 1 aromatic carbocycles. The van der Waals surface area contributed by atoms with Gasteiger partial charge in [0.1, 0.15) is 16.5 Å². The molecule has 2 aromatic rings. The molecule has 0 aliphatic heterocycles. The number of hydrogen-bond donors (Lipinski definition) is 1. The number of aromatic nitrogens is 1. The molecule has 0 spiro atoms. The lowest BCUT2D eigenvalue weighted by Crippen LogP contribution is -2.26. The van der Waals surface area contributed by atoms with Crippen LogP contribution in [0.4, 0.5) is 0 Å². The van der Waals surface area contributed by atoms with E-state index in [9.17, 15) is 9.90 Å². The number of benzene rings is 1. The van der Waals surface area contributed by atoms with Gasteiger partial charge in [-0.15, -0.1) is 0 Å². The molecule has 1 aliphatic rings. The van der Waals surface area contributed by atoms with Crippen molar-refractivity contribution in [2.24, 2.45) is 17.8 Å². The number of carbonyl (C=O) groups excluding carboxylic acids is 1.